The Morgan fingerprint density at radius 2 is 1.86 bits per heavy atom. The monoisotopic (exact) mass is 285 g/mol. The molecule has 0 saturated heterocycles. The molecular formula is C16H23N5. The Labute approximate surface area is 125 Å². The summed E-state index contributed by atoms with van der Waals surface area (Å²) in [5, 5.41) is 15.0. The van der Waals surface area contributed by atoms with Crippen LogP contribution < -0.4 is 5.32 Å². The maximum Gasteiger partial charge on any atom is 0.143 e. The van der Waals surface area contributed by atoms with E-state index in [0.717, 1.165) is 5.69 Å². The molecule has 1 heterocycles. The third-order valence-electron chi connectivity index (χ3n) is 4.27. The largest absolute Gasteiger partial charge is 0.382 e. The van der Waals surface area contributed by atoms with Crippen LogP contribution >= 0.6 is 0 Å². The van der Waals surface area contributed by atoms with Gasteiger partial charge in [-0.1, -0.05) is 32.1 Å². The van der Waals surface area contributed by atoms with Crippen LogP contribution in [0.4, 0.5) is 5.69 Å². The van der Waals surface area contributed by atoms with Crippen LogP contribution in [-0.4, -0.2) is 26.2 Å². The normalized spacial score (nSPS) is 17.2. The number of hydrogen-bond donors (Lipinski definition) is 1. The fourth-order valence-corrected chi connectivity index (χ4v) is 3.11. The van der Waals surface area contributed by atoms with Crippen molar-refractivity contribution in [2.24, 2.45) is 0 Å². The molecule has 0 atom stereocenters. The van der Waals surface area contributed by atoms with E-state index in [1.165, 1.54) is 56.2 Å². The smallest absolute Gasteiger partial charge is 0.143 e. The van der Waals surface area contributed by atoms with E-state index in [2.05, 4.69) is 46.0 Å². The van der Waals surface area contributed by atoms with E-state index in [-0.39, 0.29) is 0 Å². The molecule has 0 spiro atoms. The summed E-state index contributed by atoms with van der Waals surface area (Å²) in [5.74, 6) is 0. The lowest BCUT2D eigenvalue weighted by atomic mass is 9.96. The Hall–Kier alpha value is -1.91. The zero-order chi connectivity index (χ0) is 14.5. The molecule has 1 saturated carbocycles. The first kappa shape index (κ1) is 14.0. The minimum Gasteiger partial charge on any atom is -0.382 e. The predicted molar refractivity (Wildman–Crippen MR) is 83.6 cm³/mol. The average Bonchev–Trinajstić information content (AvgIpc) is 2.96. The fourth-order valence-electron chi connectivity index (χ4n) is 3.11. The highest BCUT2D eigenvalue weighted by Gasteiger charge is 2.12. The molecule has 0 radical (unpaired) electrons. The third-order valence-corrected chi connectivity index (χ3v) is 4.27. The summed E-state index contributed by atoms with van der Waals surface area (Å²) in [5.41, 5.74) is 3.41. The van der Waals surface area contributed by atoms with Crippen molar-refractivity contribution in [3.63, 3.8) is 0 Å². The average molecular weight is 285 g/mol. The van der Waals surface area contributed by atoms with Crippen molar-refractivity contribution in [1.29, 1.82) is 0 Å². The van der Waals surface area contributed by atoms with Crippen LogP contribution in [0.15, 0.2) is 24.5 Å². The lowest BCUT2D eigenvalue weighted by Crippen LogP contribution is -2.20. The highest BCUT2D eigenvalue weighted by atomic mass is 15.5. The third kappa shape index (κ3) is 3.60. The van der Waals surface area contributed by atoms with Crippen LogP contribution in [0, 0.1) is 6.92 Å². The Bertz CT molecular complexity index is 556. The van der Waals surface area contributed by atoms with Crippen molar-refractivity contribution >= 4 is 5.69 Å². The molecule has 1 aliphatic rings. The number of anilines is 1. The first-order valence-corrected chi connectivity index (χ1v) is 7.93. The Morgan fingerprint density at radius 1 is 1.10 bits per heavy atom. The number of aryl methyl sites for hydroxylation is 1. The zero-order valence-corrected chi connectivity index (χ0v) is 12.6. The number of nitrogens with zero attached hydrogens (tertiary/aromatic N) is 4. The number of rotatable bonds is 3. The molecule has 0 amide bonds. The summed E-state index contributed by atoms with van der Waals surface area (Å²) >= 11 is 0. The van der Waals surface area contributed by atoms with E-state index in [4.69, 9.17) is 0 Å². The van der Waals surface area contributed by atoms with Gasteiger partial charge < -0.3 is 5.32 Å². The van der Waals surface area contributed by atoms with Gasteiger partial charge in [0.05, 0.1) is 5.69 Å². The summed E-state index contributed by atoms with van der Waals surface area (Å²) < 4.78 is 1.70. The molecule has 0 bridgehead atoms. The zero-order valence-electron chi connectivity index (χ0n) is 12.6. The van der Waals surface area contributed by atoms with E-state index in [9.17, 15) is 0 Å². The Morgan fingerprint density at radius 3 is 2.52 bits per heavy atom. The number of hydrogen-bond acceptors (Lipinski definition) is 4. The minimum atomic E-state index is 0.614. The maximum absolute atomic E-state index is 3.95. The van der Waals surface area contributed by atoms with Gasteiger partial charge in [-0.05, 0) is 54.0 Å². The van der Waals surface area contributed by atoms with Gasteiger partial charge in [0, 0.05) is 11.7 Å². The van der Waals surface area contributed by atoms with E-state index >= 15 is 0 Å². The molecule has 21 heavy (non-hydrogen) atoms. The molecular weight excluding hydrogens is 262 g/mol. The van der Waals surface area contributed by atoms with E-state index in [0.29, 0.717) is 6.04 Å². The van der Waals surface area contributed by atoms with Crippen molar-refractivity contribution in [2.75, 3.05) is 5.32 Å². The van der Waals surface area contributed by atoms with Crippen LogP contribution in [0.3, 0.4) is 0 Å². The SMILES string of the molecule is Cc1cc(NC2CCCCCCC2)ccc1-n1cnnn1. The standard InChI is InChI=1S/C16H23N5/c1-13-11-15(9-10-16(13)21-12-17-19-20-21)18-14-7-5-3-2-4-6-8-14/h9-12,14,18H,2-8H2,1H3. The van der Waals surface area contributed by atoms with Gasteiger partial charge in [0.25, 0.3) is 0 Å². The van der Waals surface area contributed by atoms with Gasteiger partial charge in [0.2, 0.25) is 0 Å². The fraction of sp³-hybridized carbons (Fsp3) is 0.562. The molecule has 1 N–H and O–H groups in total. The van der Waals surface area contributed by atoms with E-state index in [1.54, 1.807) is 11.0 Å². The van der Waals surface area contributed by atoms with Crippen molar-refractivity contribution in [3.8, 4) is 5.69 Å². The highest BCUT2D eigenvalue weighted by Crippen LogP contribution is 2.23. The van der Waals surface area contributed by atoms with Crippen molar-refractivity contribution in [3.05, 3.63) is 30.1 Å². The first-order valence-electron chi connectivity index (χ1n) is 7.93. The molecule has 1 aromatic heterocycles. The number of benzene rings is 1. The second-order valence-electron chi connectivity index (χ2n) is 5.94. The molecule has 2 aromatic rings. The van der Waals surface area contributed by atoms with Crippen LogP contribution in [0.25, 0.3) is 5.69 Å². The van der Waals surface area contributed by atoms with Gasteiger partial charge >= 0.3 is 0 Å². The molecule has 0 unspecified atom stereocenters. The molecule has 5 nitrogen and oxygen atoms in total. The summed E-state index contributed by atoms with van der Waals surface area (Å²) in [6.45, 7) is 2.10. The summed E-state index contributed by atoms with van der Waals surface area (Å²) in [6.07, 6.45) is 11.1. The Balaban J connectivity index is 1.69. The lowest BCUT2D eigenvalue weighted by molar-refractivity contribution is 0.471. The number of aromatic nitrogens is 4. The predicted octanol–water partition coefficient (Wildman–Crippen LogP) is 3.50. The van der Waals surface area contributed by atoms with Crippen molar-refractivity contribution < 1.29 is 0 Å². The highest BCUT2D eigenvalue weighted by molar-refractivity contribution is 5.53. The van der Waals surface area contributed by atoms with Gasteiger partial charge in [0.1, 0.15) is 6.33 Å². The topological polar surface area (TPSA) is 55.6 Å². The number of nitrogens with one attached hydrogen (secondary N) is 1. The van der Waals surface area contributed by atoms with Crippen molar-refractivity contribution in [1.82, 2.24) is 20.2 Å². The van der Waals surface area contributed by atoms with E-state index in [1.807, 2.05) is 0 Å². The molecule has 0 aliphatic heterocycles. The minimum absolute atomic E-state index is 0.614. The second-order valence-corrected chi connectivity index (χ2v) is 5.94. The van der Waals surface area contributed by atoms with Gasteiger partial charge in [-0.15, -0.1) is 5.10 Å². The van der Waals surface area contributed by atoms with Crippen LogP contribution in [0.1, 0.15) is 50.5 Å². The summed E-state index contributed by atoms with van der Waals surface area (Å²) in [7, 11) is 0. The molecule has 3 rings (SSSR count). The molecule has 1 aliphatic carbocycles. The van der Waals surface area contributed by atoms with Crippen LogP contribution in [0.5, 0.6) is 0 Å². The second kappa shape index (κ2) is 6.70. The maximum atomic E-state index is 3.95. The quantitative estimate of drug-likeness (QED) is 0.937. The van der Waals surface area contributed by atoms with Crippen molar-refractivity contribution in [2.45, 2.75) is 57.9 Å². The van der Waals surface area contributed by atoms with Crippen LogP contribution in [0.2, 0.25) is 0 Å². The van der Waals surface area contributed by atoms with Gasteiger partial charge in [-0.3, -0.25) is 0 Å². The summed E-state index contributed by atoms with van der Waals surface area (Å²) in [6, 6.07) is 7.01. The molecule has 112 valence electrons. The van der Waals surface area contributed by atoms with Gasteiger partial charge in [-0.2, -0.15) is 0 Å². The van der Waals surface area contributed by atoms with Gasteiger partial charge in [0.15, 0.2) is 0 Å². The molecule has 5 heteroatoms. The first-order chi connectivity index (χ1) is 10.3. The number of tetrazole rings is 1. The molecule has 1 fully saturated rings. The lowest BCUT2D eigenvalue weighted by Gasteiger charge is -2.22. The summed E-state index contributed by atoms with van der Waals surface area (Å²) in [4.78, 5) is 0. The van der Waals surface area contributed by atoms with E-state index < -0.39 is 0 Å². The van der Waals surface area contributed by atoms with Gasteiger partial charge in [-0.25, -0.2) is 4.68 Å². The molecule has 1 aromatic carbocycles. The van der Waals surface area contributed by atoms with Crippen LogP contribution in [-0.2, 0) is 0 Å². The Kier molecular flexibility index (Phi) is 4.48.